The first-order chi connectivity index (χ1) is 9.25. The third-order valence-electron chi connectivity index (χ3n) is 4.26. The molecule has 4 nitrogen and oxygen atoms in total. The van der Waals surface area contributed by atoms with E-state index in [9.17, 15) is 4.79 Å². The average Bonchev–Trinajstić information content (AvgIpc) is 3.07. The number of nitrogens with zero attached hydrogens (tertiary/aromatic N) is 3. The molecule has 2 heterocycles. The summed E-state index contributed by atoms with van der Waals surface area (Å²) in [5, 5.41) is 4.24. The van der Waals surface area contributed by atoms with Crippen LogP contribution >= 0.6 is 0 Å². The molecule has 3 rings (SSSR count). The molecule has 0 saturated carbocycles. The first-order valence-corrected chi connectivity index (χ1v) is 7.20. The molecule has 0 aromatic carbocycles. The van der Waals surface area contributed by atoms with Gasteiger partial charge >= 0.3 is 0 Å². The molecular weight excluding hydrogens is 238 g/mol. The zero-order valence-electron chi connectivity index (χ0n) is 11.5. The zero-order chi connectivity index (χ0) is 13.2. The van der Waals surface area contributed by atoms with Crippen molar-refractivity contribution in [3.8, 4) is 0 Å². The van der Waals surface area contributed by atoms with Crippen LogP contribution in [0.5, 0.6) is 0 Å². The van der Waals surface area contributed by atoms with Gasteiger partial charge in [0.1, 0.15) is 0 Å². The molecule has 1 aliphatic carbocycles. The molecule has 1 fully saturated rings. The fourth-order valence-corrected chi connectivity index (χ4v) is 3.24. The Morgan fingerprint density at radius 2 is 2.26 bits per heavy atom. The van der Waals surface area contributed by atoms with Crippen molar-refractivity contribution in [2.24, 2.45) is 13.0 Å². The van der Waals surface area contributed by atoms with Crippen molar-refractivity contribution in [1.82, 2.24) is 14.7 Å². The highest BCUT2D eigenvalue weighted by atomic mass is 16.2. The number of allylic oxidation sites excluding steroid dienone is 2. The van der Waals surface area contributed by atoms with Crippen LogP contribution < -0.4 is 0 Å². The minimum absolute atomic E-state index is 0.197. The maximum Gasteiger partial charge on any atom is 0.226 e. The van der Waals surface area contributed by atoms with Gasteiger partial charge in [-0.3, -0.25) is 9.48 Å². The summed E-state index contributed by atoms with van der Waals surface area (Å²) in [7, 11) is 1.93. The van der Waals surface area contributed by atoms with Crippen molar-refractivity contribution in [3.63, 3.8) is 0 Å². The molecule has 0 N–H and O–H groups in total. The molecule has 1 aliphatic heterocycles. The number of likely N-dealkylation sites (tertiary alicyclic amines) is 1. The third-order valence-corrected chi connectivity index (χ3v) is 4.26. The Labute approximate surface area is 114 Å². The topological polar surface area (TPSA) is 38.1 Å². The number of carbonyl (C=O) groups excluding carboxylic acids is 1. The lowest BCUT2D eigenvalue weighted by Crippen LogP contribution is -2.36. The molecule has 0 spiro atoms. The number of hydrogen-bond donors (Lipinski definition) is 0. The van der Waals surface area contributed by atoms with Gasteiger partial charge in [0.05, 0.1) is 12.2 Å². The largest absolute Gasteiger partial charge is 0.335 e. The molecule has 4 heteroatoms. The van der Waals surface area contributed by atoms with Gasteiger partial charge in [0, 0.05) is 31.3 Å². The van der Waals surface area contributed by atoms with E-state index in [-0.39, 0.29) is 12.0 Å². The number of aryl methyl sites for hydroxylation is 1. The highest BCUT2D eigenvalue weighted by molar-refractivity contribution is 5.80. The first kappa shape index (κ1) is 12.5. The summed E-state index contributed by atoms with van der Waals surface area (Å²) >= 11 is 0. The molecule has 102 valence electrons. The van der Waals surface area contributed by atoms with E-state index in [0.717, 1.165) is 38.6 Å². The summed E-state index contributed by atoms with van der Waals surface area (Å²) in [5.41, 5.74) is 1.18. The molecule has 0 radical (unpaired) electrons. The summed E-state index contributed by atoms with van der Waals surface area (Å²) in [6.07, 6.45) is 13.4. The standard InChI is InChI=1S/C15H21N3O/c1-17-11-13(10-16-17)14-8-5-9-18(14)15(19)12-6-3-2-4-7-12/h2-3,10-12,14H,4-9H2,1H3/t12-,14-/m1/s1. The second-order valence-corrected chi connectivity index (χ2v) is 5.62. The Kier molecular flexibility index (Phi) is 3.40. The van der Waals surface area contributed by atoms with Crippen LogP contribution in [-0.2, 0) is 11.8 Å². The van der Waals surface area contributed by atoms with Crippen molar-refractivity contribution in [3.05, 3.63) is 30.1 Å². The van der Waals surface area contributed by atoms with Crippen molar-refractivity contribution < 1.29 is 4.79 Å². The Morgan fingerprint density at radius 3 is 2.95 bits per heavy atom. The summed E-state index contributed by atoms with van der Waals surface area (Å²) in [5.74, 6) is 0.540. The van der Waals surface area contributed by atoms with E-state index in [1.165, 1.54) is 5.56 Å². The quantitative estimate of drug-likeness (QED) is 0.765. The van der Waals surface area contributed by atoms with Gasteiger partial charge in [0.2, 0.25) is 5.91 Å². The van der Waals surface area contributed by atoms with Gasteiger partial charge < -0.3 is 4.90 Å². The predicted molar refractivity (Wildman–Crippen MR) is 73.4 cm³/mol. The third kappa shape index (κ3) is 2.44. The fourth-order valence-electron chi connectivity index (χ4n) is 3.24. The lowest BCUT2D eigenvalue weighted by atomic mass is 9.92. The molecule has 1 aromatic rings. The second kappa shape index (κ2) is 5.19. The molecule has 19 heavy (non-hydrogen) atoms. The van der Waals surface area contributed by atoms with Gasteiger partial charge in [-0.25, -0.2) is 0 Å². The maximum atomic E-state index is 12.7. The van der Waals surface area contributed by atoms with E-state index in [1.54, 1.807) is 0 Å². The average molecular weight is 259 g/mol. The van der Waals surface area contributed by atoms with Gasteiger partial charge in [-0.1, -0.05) is 12.2 Å². The van der Waals surface area contributed by atoms with Crippen LogP contribution in [0.2, 0.25) is 0 Å². The smallest absolute Gasteiger partial charge is 0.226 e. The molecular formula is C15H21N3O. The number of hydrogen-bond acceptors (Lipinski definition) is 2. The van der Waals surface area contributed by atoms with Crippen molar-refractivity contribution in [2.45, 2.75) is 38.1 Å². The number of carbonyl (C=O) groups is 1. The SMILES string of the molecule is Cn1cc([C@H]2CCCN2C(=O)[C@@H]2CC=CCC2)cn1. The van der Waals surface area contributed by atoms with Crippen LogP contribution in [0, 0.1) is 5.92 Å². The van der Waals surface area contributed by atoms with Gasteiger partial charge in [0.15, 0.2) is 0 Å². The number of rotatable bonds is 2. The lowest BCUT2D eigenvalue weighted by molar-refractivity contribution is -0.136. The Balaban J connectivity index is 1.75. The molecule has 1 amide bonds. The van der Waals surface area contributed by atoms with Gasteiger partial charge in [-0.05, 0) is 32.1 Å². The lowest BCUT2D eigenvalue weighted by Gasteiger charge is -2.29. The van der Waals surface area contributed by atoms with Crippen molar-refractivity contribution in [1.29, 1.82) is 0 Å². The van der Waals surface area contributed by atoms with Crippen LogP contribution in [0.15, 0.2) is 24.5 Å². The Bertz CT molecular complexity index is 491. The predicted octanol–water partition coefficient (Wildman–Crippen LogP) is 2.44. The Morgan fingerprint density at radius 1 is 1.37 bits per heavy atom. The van der Waals surface area contributed by atoms with E-state index in [4.69, 9.17) is 0 Å². The van der Waals surface area contributed by atoms with Crippen LogP contribution in [0.25, 0.3) is 0 Å². The zero-order valence-corrected chi connectivity index (χ0v) is 11.5. The molecule has 0 bridgehead atoms. The highest BCUT2D eigenvalue weighted by Gasteiger charge is 2.34. The number of aromatic nitrogens is 2. The van der Waals surface area contributed by atoms with Gasteiger partial charge in [-0.15, -0.1) is 0 Å². The van der Waals surface area contributed by atoms with E-state index < -0.39 is 0 Å². The van der Waals surface area contributed by atoms with Gasteiger partial charge in [0.25, 0.3) is 0 Å². The van der Waals surface area contributed by atoms with Crippen molar-refractivity contribution in [2.75, 3.05) is 6.54 Å². The minimum atomic E-state index is 0.197. The minimum Gasteiger partial charge on any atom is -0.335 e. The molecule has 2 atom stereocenters. The summed E-state index contributed by atoms with van der Waals surface area (Å²) in [4.78, 5) is 14.7. The molecule has 2 aliphatic rings. The molecule has 1 aromatic heterocycles. The number of amides is 1. The summed E-state index contributed by atoms with van der Waals surface area (Å²) in [6, 6.07) is 0.243. The summed E-state index contributed by atoms with van der Waals surface area (Å²) in [6.45, 7) is 0.901. The maximum absolute atomic E-state index is 12.7. The normalized spacial score (nSPS) is 26.9. The van der Waals surface area contributed by atoms with Crippen LogP contribution in [0.4, 0.5) is 0 Å². The Hall–Kier alpha value is -1.58. The highest BCUT2D eigenvalue weighted by Crippen LogP contribution is 2.34. The van der Waals surface area contributed by atoms with E-state index >= 15 is 0 Å². The fraction of sp³-hybridized carbons (Fsp3) is 0.600. The second-order valence-electron chi connectivity index (χ2n) is 5.62. The first-order valence-electron chi connectivity index (χ1n) is 7.20. The monoisotopic (exact) mass is 259 g/mol. The molecule has 0 unspecified atom stereocenters. The van der Waals surface area contributed by atoms with E-state index in [0.29, 0.717) is 5.91 Å². The van der Waals surface area contributed by atoms with Crippen molar-refractivity contribution >= 4 is 5.91 Å². The molecule has 1 saturated heterocycles. The van der Waals surface area contributed by atoms with E-state index in [1.807, 2.05) is 24.1 Å². The van der Waals surface area contributed by atoms with E-state index in [2.05, 4.69) is 22.2 Å². The van der Waals surface area contributed by atoms with Crippen LogP contribution in [-0.4, -0.2) is 27.1 Å². The van der Waals surface area contributed by atoms with Crippen LogP contribution in [0.3, 0.4) is 0 Å². The summed E-state index contributed by atoms with van der Waals surface area (Å²) < 4.78 is 1.82. The van der Waals surface area contributed by atoms with Crippen LogP contribution in [0.1, 0.15) is 43.7 Å². The van der Waals surface area contributed by atoms with Gasteiger partial charge in [-0.2, -0.15) is 5.10 Å².